The summed E-state index contributed by atoms with van der Waals surface area (Å²) in [5.41, 5.74) is 1.16. The molecule has 1 aliphatic carbocycles. The molecule has 1 heterocycles. The number of carbonyl (C=O) groups is 1. The van der Waals surface area contributed by atoms with Crippen molar-refractivity contribution in [2.45, 2.75) is 18.8 Å². The molecule has 0 radical (unpaired) electrons. The van der Waals surface area contributed by atoms with Crippen LogP contribution in [0.4, 0.5) is 0 Å². The fourth-order valence-electron chi connectivity index (χ4n) is 2.18. The van der Waals surface area contributed by atoms with E-state index in [1.54, 1.807) is 18.4 Å². The molecule has 1 aliphatic rings. The molecule has 2 unspecified atom stereocenters. The van der Waals surface area contributed by atoms with E-state index >= 15 is 0 Å². The summed E-state index contributed by atoms with van der Waals surface area (Å²) < 4.78 is 6.18. The fourth-order valence-corrected chi connectivity index (χ4v) is 3.81. The van der Waals surface area contributed by atoms with Gasteiger partial charge < -0.3 is 4.74 Å². The van der Waals surface area contributed by atoms with Gasteiger partial charge in [-0.15, -0.1) is 0 Å². The maximum Gasteiger partial charge on any atom is 0.140 e. The number of ether oxygens (including phenoxy) is 1. The van der Waals surface area contributed by atoms with Crippen LogP contribution in [0.3, 0.4) is 0 Å². The Bertz CT molecular complexity index is 361. The van der Waals surface area contributed by atoms with Crippen molar-refractivity contribution in [1.29, 1.82) is 0 Å². The highest BCUT2D eigenvalue weighted by molar-refractivity contribution is 9.10. The van der Waals surface area contributed by atoms with E-state index in [4.69, 9.17) is 4.74 Å². The zero-order valence-corrected chi connectivity index (χ0v) is 10.9. The lowest BCUT2D eigenvalue weighted by Gasteiger charge is -2.08. The molecule has 1 saturated carbocycles. The number of ketones is 1. The monoisotopic (exact) mass is 288 g/mol. The lowest BCUT2D eigenvalue weighted by atomic mass is 9.99. The van der Waals surface area contributed by atoms with Crippen LogP contribution in [0.15, 0.2) is 15.2 Å². The number of halogens is 1. The molecule has 0 saturated heterocycles. The third-order valence-electron chi connectivity index (χ3n) is 2.87. The van der Waals surface area contributed by atoms with E-state index in [0.29, 0.717) is 24.7 Å². The average molecular weight is 289 g/mol. The predicted molar refractivity (Wildman–Crippen MR) is 64.4 cm³/mol. The Balaban J connectivity index is 2.12. The number of hydrogen-bond donors (Lipinski definition) is 0. The van der Waals surface area contributed by atoms with Crippen molar-refractivity contribution in [3.05, 3.63) is 20.8 Å². The average Bonchev–Trinajstić information content (AvgIpc) is 2.73. The largest absolute Gasteiger partial charge is 0.384 e. The van der Waals surface area contributed by atoms with E-state index in [-0.39, 0.29) is 5.92 Å². The van der Waals surface area contributed by atoms with E-state index in [2.05, 4.69) is 21.3 Å². The van der Waals surface area contributed by atoms with Crippen LogP contribution in [0.1, 0.15) is 24.3 Å². The fraction of sp³-hybridized carbons (Fsp3) is 0.545. The van der Waals surface area contributed by atoms with Crippen LogP contribution in [0, 0.1) is 5.92 Å². The molecule has 1 aromatic rings. The van der Waals surface area contributed by atoms with Gasteiger partial charge in [0.15, 0.2) is 0 Å². The lowest BCUT2D eigenvalue weighted by molar-refractivity contribution is -0.118. The minimum atomic E-state index is 0.0887. The molecule has 15 heavy (non-hydrogen) atoms. The molecule has 1 fully saturated rings. The van der Waals surface area contributed by atoms with Crippen molar-refractivity contribution in [3.63, 3.8) is 0 Å². The van der Waals surface area contributed by atoms with Crippen molar-refractivity contribution in [3.8, 4) is 0 Å². The Morgan fingerprint density at radius 1 is 1.60 bits per heavy atom. The summed E-state index contributed by atoms with van der Waals surface area (Å²) in [6.45, 7) is 0.698. The van der Waals surface area contributed by atoms with Crippen molar-refractivity contribution in [2.24, 2.45) is 5.92 Å². The van der Waals surface area contributed by atoms with Crippen molar-refractivity contribution in [2.75, 3.05) is 13.7 Å². The van der Waals surface area contributed by atoms with Gasteiger partial charge in [0.1, 0.15) is 5.78 Å². The van der Waals surface area contributed by atoms with Gasteiger partial charge in [0.05, 0.1) is 0 Å². The quantitative estimate of drug-likeness (QED) is 0.854. The summed E-state index contributed by atoms with van der Waals surface area (Å²) >= 11 is 5.13. The van der Waals surface area contributed by atoms with Crippen LogP contribution in [0.5, 0.6) is 0 Å². The second-order valence-corrected chi connectivity index (χ2v) is 5.55. The number of thiophene rings is 1. The van der Waals surface area contributed by atoms with Gasteiger partial charge in [-0.3, -0.25) is 4.79 Å². The third kappa shape index (κ3) is 2.32. The molecule has 4 heteroatoms. The molecular weight excluding hydrogens is 276 g/mol. The molecule has 0 bridgehead atoms. The Labute approximate surface area is 102 Å². The normalized spacial score (nSPS) is 26.1. The summed E-state index contributed by atoms with van der Waals surface area (Å²) in [7, 11) is 1.69. The minimum Gasteiger partial charge on any atom is -0.384 e. The maximum absolute atomic E-state index is 11.8. The Morgan fingerprint density at radius 2 is 2.40 bits per heavy atom. The zero-order valence-electron chi connectivity index (χ0n) is 8.53. The van der Waals surface area contributed by atoms with Gasteiger partial charge in [-0.05, 0) is 39.2 Å². The smallest absolute Gasteiger partial charge is 0.140 e. The number of carbonyl (C=O) groups excluding carboxylic acids is 1. The molecule has 82 valence electrons. The molecular formula is C11H13BrO2S. The molecule has 2 nitrogen and oxygen atoms in total. The highest BCUT2D eigenvalue weighted by Crippen LogP contribution is 2.39. The van der Waals surface area contributed by atoms with Crippen LogP contribution in [-0.2, 0) is 9.53 Å². The van der Waals surface area contributed by atoms with Gasteiger partial charge >= 0.3 is 0 Å². The van der Waals surface area contributed by atoms with Crippen LogP contribution in [0.25, 0.3) is 0 Å². The van der Waals surface area contributed by atoms with Gasteiger partial charge in [0, 0.05) is 35.9 Å². The molecule has 2 atom stereocenters. The van der Waals surface area contributed by atoms with Crippen LogP contribution >= 0.6 is 27.3 Å². The predicted octanol–water partition coefficient (Wildman–Crippen LogP) is 3.22. The van der Waals surface area contributed by atoms with Gasteiger partial charge in [0.2, 0.25) is 0 Å². The summed E-state index contributed by atoms with van der Waals surface area (Å²) in [6, 6.07) is 0. The highest BCUT2D eigenvalue weighted by Gasteiger charge is 2.34. The topological polar surface area (TPSA) is 26.3 Å². The minimum absolute atomic E-state index is 0.0887. The van der Waals surface area contributed by atoms with Gasteiger partial charge in [-0.1, -0.05) is 0 Å². The van der Waals surface area contributed by atoms with Gasteiger partial charge in [-0.2, -0.15) is 11.3 Å². The van der Waals surface area contributed by atoms with Crippen LogP contribution in [0.2, 0.25) is 0 Å². The molecule has 1 aromatic heterocycles. The van der Waals surface area contributed by atoms with Gasteiger partial charge in [-0.25, -0.2) is 0 Å². The summed E-state index contributed by atoms with van der Waals surface area (Å²) in [4.78, 5) is 11.8. The number of methoxy groups -OCH3 is 1. The first-order valence-corrected chi connectivity index (χ1v) is 6.69. The van der Waals surface area contributed by atoms with E-state index in [1.165, 1.54) is 0 Å². The molecule has 0 N–H and O–H groups in total. The SMILES string of the molecule is COCC1CC(=O)C(c2cscc2Br)C1. The van der Waals surface area contributed by atoms with E-state index in [9.17, 15) is 4.79 Å². The highest BCUT2D eigenvalue weighted by atomic mass is 79.9. The number of Topliss-reactive ketones (excluding diaryl/α,β-unsaturated/α-hetero) is 1. The lowest BCUT2D eigenvalue weighted by Crippen LogP contribution is -2.03. The van der Waals surface area contributed by atoms with Gasteiger partial charge in [0.25, 0.3) is 0 Å². The molecule has 0 amide bonds. The van der Waals surface area contributed by atoms with E-state index in [0.717, 1.165) is 16.5 Å². The Morgan fingerprint density at radius 3 is 3.00 bits per heavy atom. The zero-order chi connectivity index (χ0) is 10.8. The molecule has 0 aliphatic heterocycles. The first kappa shape index (κ1) is 11.3. The Hall–Kier alpha value is -0.190. The standard InChI is InChI=1S/C11H13BrO2S/c1-14-4-7-2-8(11(13)3-7)9-5-15-6-10(9)12/h5-8H,2-4H2,1H3. The molecule has 0 spiro atoms. The number of hydrogen-bond acceptors (Lipinski definition) is 3. The van der Waals surface area contributed by atoms with Crippen molar-refractivity contribution in [1.82, 2.24) is 0 Å². The maximum atomic E-state index is 11.8. The number of rotatable bonds is 3. The second-order valence-electron chi connectivity index (χ2n) is 3.96. The summed E-state index contributed by atoms with van der Waals surface area (Å²) in [6.07, 6.45) is 1.60. The second kappa shape index (κ2) is 4.76. The third-order valence-corrected chi connectivity index (χ3v) is 4.62. The molecule has 0 aromatic carbocycles. The van der Waals surface area contributed by atoms with Crippen LogP contribution in [-0.4, -0.2) is 19.5 Å². The van der Waals surface area contributed by atoms with Crippen molar-refractivity contribution < 1.29 is 9.53 Å². The molecule has 2 rings (SSSR count). The van der Waals surface area contributed by atoms with E-state index < -0.39 is 0 Å². The van der Waals surface area contributed by atoms with Crippen molar-refractivity contribution >= 4 is 33.0 Å². The first-order valence-electron chi connectivity index (χ1n) is 4.95. The van der Waals surface area contributed by atoms with E-state index in [1.807, 2.05) is 5.38 Å². The first-order chi connectivity index (χ1) is 7.22. The Kier molecular flexibility index (Phi) is 3.59. The summed E-state index contributed by atoms with van der Waals surface area (Å²) in [5, 5.41) is 4.11. The summed E-state index contributed by atoms with van der Waals surface area (Å²) in [5.74, 6) is 0.848. The van der Waals surface area contributed by atoms with Crippen LogP contribution < -0.4 is 0 Å².